The minimum Gasteiger partial charge on any atom is -0.379 e. The van der Waals surface area contributed by atoms with E-state index in [2.05, 4.69) is 15.5 Å². The van der Waals surface area contributed by atoms with Crippen LogP contribution >= 0.6 is 23.2 Å². The van der Waals surface area contributed by atoms with Gasteiger partial charge < -0.3 is 25.0 Å². The SMILES string of the molecule is C[C@]12C=C[C@]3(O1)[C@@H](C(=O)N(CCN1CCOCC1)[C@@H]3C(=O)NC1CCCCC1)[C@@H]2C(=O)Nc1ccc(Cl)c(Cl)c1. The first-order chi connectivity index (χ1) is 19.2. The quantitative estimate of drug-likeness (QED) is 0.473. The number of likely N-dealkylation sites (tertiary alicyclic amines) is 1. The van der Waals surface area contributed by atoms with E-state index in [1.165, 1.54) is 6.42 Å². The Morgan fingerprint density at radius 2 is 1.77 bits per heavy atom. The molecule has 0 radical (unpaired) electrons. The molecule has 5 atom stereocenters. The van der Waals surface area contributed by atoms with Gasteiger partial charge >= 0.3 is 0 Å². The second-order valence-corrected chi connectivity index (χ2v) is 12.6. The number of amides is 3. The lowest BCUT2D eigenvalue weighted by molar-refractivity contribution is -0.144. The van der Waals surface area contributed by atoms with E-state index in [9.17, 15) is 14.4 Å². The summed E-state index contributed by atoms with van der Waals surface area (Å²) in [4.78, 5) is 45.9. The fraction of sp³-hybridized carbons (Fsp3) is 0.621. The lowest BCUT2D eigenvalue weighted by atomic mass is 9.70. The zero-order chi connectivity index (χ0) is 28.1. The van der Waals surface area contributed by atoms with Crippen LogP contribution < -0.4 is 10.6 Å². The van der Waals surface area contributed by atoms with Crippen LogP contribution in [0, 0.1) is 11.8 Å². The number of nitrogens with zero attached hydrogens (tertiary/aromatic N) is 2. The Morgan fingerprint density at radius 1 is 1.02 bits per heavy atom. The van der Waals surface area contributed by atoms with Gasteiger partial charge in [0.05, 0.1) is 40.7 Å². The summed E-state index contributed by atoms with van der Waals surface area (Å²) in [6.45, 7) is 5.65. The number of ether oxygens (including phenoxy) is 2. The predicted molar refractivity (Wildman–Crippen MR) is 151 cm³/mol. The zero-order valence-electron chi connectivity index (χ0n) is 22.7. The van der Waals surface area contributed by atoms with Crippen LogP contribution in [0.25, 0.3) is 0 Å². The number of benzene rings is 1. The molecule has 6 rings (SSSR count). The largest absolute Gasteiger partial charge is 0.379 e. The molecule has 11 heteroatoms. The van der Waals surface area contributed by atoms with Crippen molar-refractivity contribution in [3.8, 4) is 0 Å². The van der Waals surface area contributed by atoms with E-state index in [-0.39, 0.29) is 23.8 Å². The lowest BCUT2D eigenvalue weighted by Gasteiger charge is -2.36. The molecule has 216 valence electrons. The molecule has 9 nitrogen and oxygen atoms in total. The molecule has 4 aliphatic heterocycles. The standard InChI is InChI=1S/C29H36Cl2N4O5/c1-28-9-10-29(40-28)23(22(28)25(36)33-19-7-8-20(30)21(31)17-19)27(38)35(12-11-34-13-15-39-16-14-34)24(29)26(37)32-18-5-3-2-4-6-18/h7-10,17-18,22-24H,2-6,11-16H2,1H3,(H,32,37)(H,33,36)/t22-,23-,24-,28-,29+/m1/s1. The van der Waals surface area contributed by atoms with E-state index in [1.54, 1.807) is 23.1 Å². The highest BCUT2D eigenvalue weighted by atomic mass is 35.5. The fourth-order valence-corrected chi connectivity index (χ4v) is 7.56. The van der Waals surface area contributed by atoms with Crippen molar-refractivity contribution in [2.45, 2.75) is 62.3 Å². The topological polar surface area (TPSA) is 100 Å². The fourth-order valence-electron chi connectivity index (χ4n) is 7.26. The van der Waals surface area contributed by atoms with Gasteiger partial charge in [0.25, 0.3) is 0 Å². The van der Waals surface area contributed by atoms with E-state index in [1.807, 2.05) is 19.1 Å². The van der Waals surface area contributed by atoms with E-state index in [4.69, 9.17) is 32.7 Å². The number of nitrogens with one attached hydrogen (secondary N) is 2. The van der Waals surface area contributed by atoms with E-state index in [0.717, 1.165) is 38.8 Å². The molecule has 0 unspecified atom stereocenters. The van der Waals surface area contributed by atoms with Crippen molar-refractivity contribution in [2.24, 2.45) is 11.8 Å². The number of carbonyl (C=O) groups excluding carboxylic acids is 3. The highest BCUT2D eigenvalue weighted by Gasteiger charge is 2.76. The number of hydrogen-bond donors (Lipinski definition) is 2. The highest BCUT2D eigenvalue weighted by Crippen LogP contribution is 2.59. The molecule has 3 amide bonds. The first kappa shape index (κ1) is 28.0. The zero-order valence-corrected chi connectivity index (χ0v) is 24.2. The Labute approximate surface area is 244 Å². The molecule has 2 bridgehead atoms. The van der Waals surface area contributed by atoms with Crippen LogP contribution in [-0.2, 0) is 23.9 Å². The van der Waals surface area contributed by atoms with Crippen LogP contribution in [0.3, 0.4) is 0 Å². The smallest absolute Gasteiger partial charge is 0.246 e. The van der Waals surface area contributed by atoms with Gasteiger partial charge in [0, 0.05) is 37.9 Å². The van der Waals surface area contributed by atoms with E-state index < -0.39 is 29.1 Å². The molecule has 40 heavy (non-hydrogen) atoms. The first-order valence-corrected chi connectivity index (χ1v) is 15.0. The lowest BCUT2D eigenvalue weighted by Crippen LogP contribution is -2.57. The normalized spacial score (nSPS) is 33.8. The van der Waals surface area contributed by atoms with Gasteiger partial charge in [-0.25, -0.2) is 0 Å². The second kappa shape index (κ2) is 10.9. The minimum atomic E-state index is -1.21. The molecule has 1 aliphatic carbocycles. The Kier molecular flexibility index (Phi) is 7.63. The number of fused-ring (bicyclic) bond motifs is 1. The van der Waals surface area contributed by atoms with Gasteiger partial charge in [-0.05, 0) is 38.0 Å². The number of carbonyl (C=O) groups is 3. The molecule has 3 saturated heterocycles. The van der Waals surface area contributed by atoms with Crippen LogP contribution in [0.1, 0.15) is 39.0 Å². The molecular weight excluding hydrogens is 555 g/mol. The van der Waals surface area contributed by atoms with Crippen LogP contribution in [0.5, 0.6) is 0 Å². The summed E-state index contributed by atoms with van der Waals surface area (Å²) in [7, 11) is 0. The van der Waals surface area contributed by atoms with Gasteiger partial charge in [-0.1, -0.05) is 54.6 Å². The number of morpholine rings is 1. The molecule has 1 saturated carbocycles. The molecule has 5 aliphatic rings. The van der Waals surface area contributed by atoms with E-state index in [0.29, 0.717) is 42.0 Å². The van der Waals surface area contributed by atoms with Crippen LogP contribution in [0.2, 0.25) is 10.0 Å². The first-order valence-electron chi connectivity index (χ1n) is 14.3. The maximum absolute atomic E-state index is 14.2. The molecule has 0 aromatic heterocycles. The monoisotopic (exact) mass is 590 g/mol. The van der Waals surface area contributed by atoms with Gasteiger partial charge in [0.1, 0.15) is 11.6 Å². The van der Waals surface area contributed by atoms with Gasteiger partial charge in [-0.15, -0.1) is 0 Å². The van der Waals surface area contributed by atoms with Crippen LogP contribution in [-0.4, -0.2) is 90.2 Å². The van der Waals surface area contributed by atoms with Crippen molar-refractivity contribution < 1.29 is 23.9 Å². The number of anilines is 1. The maximum Gasteiger partial charge on any atom is 0.246 e. The van der Waals surface area contributed by atoms with Gasteiger partial charge in [0.2, 0.25) is 17.7 Å². The second-order valence-electron chi connectivity index (χ2n) is 11.8. The van der Waals surface area contributed by atoms with Crippen molar-refractivity contribution in [2.75, 3.05) is 44.7 Å². The average molecular weight is 592 g/mol. The highest BCUT2D eigenvalue weighted by molar-refractivity contribution is 6.42. The molecule has 1 aromatic carbocycles. The van der Waals surface area contributed by atoms with Crippen molar-refractivity contribution in [1.29, 1.82) is 0 Å². The number of halogens is 2. The molecule has 2 N–H and O–H groups in total. The summed E-state index contributed by atoms with van der Waals surface area (Å²) in [5.41, 5.74) is -1.76. The molecule has 4 fully saturated rings. The minimum absolute atomic E-state index is 0.0832. The molecule has 4 heterocycles. The van der Waals surface area contributed by atoms with Crippen LogP contribution in [0.15, 0.2) is 30.4 Å². The molecule has 1 spiro atoms. The van der Waals surface area contributed by atoms with Gasteiger partial charge in [-0.3, -0.25) is 19.3 Å². The molecular formula is C29H36Cl2N4O5. The summed E-state index contributed by atoms with van der Waals surface area (Å²) < 4.78 is 12.1. The van der Waals surface area contributed by atoms with E-state index >= 15 is 0 Å². The Hall–Kier alpha value is -2.17. The van der Waals surface area contributed by atoms with Crippen molar-refractivity contribution in [1.82, 2.24) is 15.1 Å². The summed E-state index contributed by atoms with van der Waals surface area (Å²) in [5.74, 6) is -2.43. The third-order valence-corrected chi connectivity index (χ3v) is 9.97. The van der Waals surface area contributed by atoms with Gasteiger partial charge in [0.15, 0.2) is 0 Å². The van der Waals surface area contributed by atoms with Crippen molar-refractivity contribution >= 4 is 46.6 Å². The number of hydrogen-bond acceptors (Lipinski definition) is 6. The Balaban J connectivity index is 1.29. The molecule has 1 aromatic rings. The summed E-state index contributed by atoms with van der Waals surface area (Å²) in [6, 6.07) is 4.09. The number of rotatable bonds is 7. The van der Waals surface area contributed by atoms with Gasteiger partial charge in [-0.2, -0.15) is 0 Å². The van der Waals surface area contributed by atoms with Crippen molar-refractivity contribution in [3.05, 3.63) is 40.4 Å². The Bertz CT molecular complexity index is 1220. The third-order valence-electron chi connectivity index (χ3n) is 9.23. The Morgan fingerprint density at radius 3 is 2.50 bits per heavy atom. The predicted octanol–water partition coefficient (Wildman–Crippen LogP) is 3.25. The average Bonchev–Trinajstić information content (AvgIpc) is 3.51. The van der Waals surface area contributed by atoms with Crippen molar-refractivity contribution in [3.63, 3.8) is 0 Å². The van der Waals surface area contributed by atoms with Crippen LogP contribution in [0.4, 0.5) is 5.69 Å². The summed E-state index contributed by atoms with van der Waals surface area (Å²) >= 11 is 12.2. The summed E-state index contributed by atoms with van der Waals surface area (Å²) in [5, 5.41) is 6.85. The third kappa shape index (κ3) is 4.83. The summed E-state index contributed by atoms with van der Waals surface area (Å²) in [6.07, 6.45) is 8.90. The maximum atomic E-state index is 14.2.